The Balaban J connectivity index is 1.60. The number of imide groups is 1. The third kappa shape index (κ3) is 5.04. The number of benzene rings is 3. The molecular weight excluding hydrogens is 430 g/mol. The topological polar surface area (TPSA) is 46.6 Å². The summed E-state index contributed by atoms with van der Waals surface area (Å²) >= 11 is 1.44. The van der Waals surface area contributed by atoms with Crippen molar-refractivity contribution in [3.8, 4) is 5.75 Å². The van der Waals surface area contributed by atoms with E-state index in [1.165, 1.54) is 16.7 Å². The number of nitrogens with zero attached hydrogens (tertiary/aromatic N) is 1. The van der Waals surface area contributed by atoms with Gasteiger partial charge in [-0.1, -0.05) is 60.7 Å². The van der Waals surface area contributed by atoms with Crippen LogP contribution >= 0.6 is 11.8 Å². The molecule has 0 fully saturated rings. The molecule has 0 bridgehead atoms. The summed E-state index contributed by atoms with van der Waals surface area (Å²) in [5.41, 5.74) is 5.74. The lowest BCUT2D eigenvalue weighted by molar-refractivity contribution is -0.136. The smallest absolute Gasteiger partial charge is 0.268 e. The Morgan fingerprint density at radius 1 is 0.818 bits per heavy atom. The number of hydrogen-bond donors (Lipinski definition) is 0. The molecule has 1 aliphatic rings. The minimum atomic E-state index is -0.215. The number of carbonyl (C=O) groups excluding carboxylic acids is 2. The van der Waals surface area contributed by atoms with Crippen molar-refractivity contribution >= 4 is 29.1 Å². The largest absolute Gasteiger partial charge is 0.497 e. The highest BCUT2D eigenvalue weighted by molar-refractivity contribution is 8.03. The number of aryl methyl sites for hydroxylation is 2. The summed E-state index contributed by atoms with van der Waals surface area (Å²) < 4.78 is 5.21. The van der Waals surface area contributed by atoms with Gasteiger partial charge in [0.05, 0.1) is 17.6 Å². The molecule has 0 aromatic heterocycles. The van der Waals surface area contributed by atoms with Gasteiger partial charge in [-0.2, -0.15) is 0 Å². The zero-order valence-electron chi connectivity index (χ0n) is 19.1. The lowest BCUT2D eigenvalue weighted by Gasteiger charge is -2.15. The second kappa shape index (κ2) is 10.1. The first kappa shape index (κ1) is 22.9. The van der Waals surface area contributed by atoms with Gasteiger partial charge < -0.3 is 4.74 Å². The van der Waals surface area contributed by atoms with Crippen molar-refractivity contribution in [3.63, 3.8) is 0 Å². The highest BCUT2D eigenvalue weighted by Gasteiger charge is 2.38. The van der Waals surface area contributed by atoms with Gasteiger partial charge in [0, 0.05) is 12.3 Å². The first-order valence-corrected chi connectivity index (χ1v) is 11.9. The summed E-state index contributed by atoms with van der Waals surface area (Å²) in [5, 5.41) is 0. The first-order chi connectivity index (χ1) is 16.0. The summed E-state index contributed by atoms with van der Waals surface area (Å²) in [6.45, 7) is 4.41. The van der Waals surface area contributed by atoms with Gasteiger partial charge in [-0.3, -0.25) is 14.5 Å². The fraction of sp³-hybridized carbons (Fsp3) is 0.214. The van der Waals surface area contributed by atoms with Gasteiger partial charge in [0.25, 0.3) is 11.8 Å². The van der Waals surface area contributed by atoms with E-state index in [1.54, 1.807) is 7.11 Å². The maximum absolute atomic E-state index is 13.5. The van der Waals surface area contributed by atoms with E-state index in [0.29, 0.717) is 29.2 Å². The van der Waals surface area contributed by atoms with Crippen LogP contribution in [0.4, 0.5) is 0 Å². The van der Waals surface area contributed by atoms with E-state index >= 15 is 0 Å². The molecule has 1 heterocycles. The van der Waals surface area contributed by atoms with Crippen LogP contribution in [0.25, 0.3) is 5.57 Å². The zero-order valence-corrected chi connectivity index (χ0v) is 19.9. The molecule has 1 aliphatic heterocycles. The molecule has 5 heteroatoms. The molecule has 0 aliphatic carbocycles. The van der Waals surface area contributed by atoms with Gasteiger partial charge in [0.1, 0.15) is 5.75 Å². The molecular formula is C28H27NO3S. The molecule has 0 N–H and O–H groups in total. The van der Waals surface area contributed by atoms with Gasteiger partial charge >= 0.3 is 0 Å². The van der Waals surface area contributed by atoms with E-state index in [-0.39, 0.29) is 11.8 Å². The Bertz CT molecular complexity index is 1200. The minimum Gasteiger partial charge on any atom is -0.497 e. The maximum atomic E-state index is 13.5. The lowest BCUT2D eigenvalue weighted by Crippen LogP contribution is -2.33. The van der Waals surface area contributed by atoms with Crippen LogP contribution in [-0.4, -0.2) is 30.4 Å². The van der Waals surface area contributed by atoms with Gasteiger partial charge in [-0.15, -0.1) is 11.8 Å². The van der Waals surface area contributed by atoms with E-state index in [2.05, 4.69) is 0 Å². The maximum Gasteiger partial charge on any atom is 0.268 e. The number of carbonyl (C=O) groups is 2. The van der Waals surface area contributed by atoms with Crippen LogP contribution in [0, 0.1) is 13.8 Å². The molecule has 168 valence electrons. The van der Waals surface area contributed by atoms with Gasteiger partial charge in [-0.05, 0) is 60.2 Å². The van der Waals surface area contributed by atoms with Gasteiger partial charge in [0.15, 0.2) is 0 Å². The summed E-state index contributed by atoms with van der Waals surface area (Å²) in [6.07, 6.45) is 0.596. The van der Waals surface area contributed by atoms with E-state index in [1.807, 2.05) is 86.6 Å². The number of ether oxygens (including phenoxy) is 1. The van der Waals surface area contributed by atoms with Crippen LogP contribution < -0.4 is 4.74 Å². The fourth-order valence-electron chi connectivity index (χ4n) is 3.81. The molecule has 0 atom stereocenters. The van der Waals surface area contributed by atoms with Crippen molar-refractivity contribution in [3.05, 3.63) is 106 Å². The quantitative estimate of drug-likeness (QED) is 0.415. The van der Waals surface area contributed by atoms with Gasteiger partial charge in [-0.25, -0.2) is 0 Å². The molecule has 3 aromatic carbocycles. The van der Waals surface area contributed by atoms with Crippen LogP contribution in [0.5, 0.6) is 5.75 Å². The molecule has 0 spiro atoms. The summed E-state index contributed by atoms with van der Waals surface area (Å²) in [5.74, 6) is 0.996. The normalized spacial score (nSPS) is 13.7. The van der Waals surface area contributed by atoms with Crippen molar-refractivity contribution in [2.75, 3.05) is 13.7 Å². The Morgan fingerprint density at radius 2 is 1.55 bits per heavy atom. The number of thioether (sulfide) groups is 1. The van der Waals surface area contributed by atoms with Crippen molar-refractivity contribution in [1.29, 1.82) is 0 Å². The lowest BCUT2D eigenvalue weighted by atomic mass is 10.0. The third-order valence-electron chi connectivity index (χ3n) is 5.93. The average molecular weight is 458 g/mol. The van der Waals surface area contributed by atoms with E-state index < -0.39 is 0 Å². The van der Waals surface area contributed by atoms with Crippen molar-refractivity contribution in [1.82, 2.24) is 4.90 Å². The number of methoxy groups -OCH3 is 1. The van der Waals surface area contributed by atoms with E-state index in [9.17, 15) is 9.59 Å². The van der Waals surface area contributed by atoms with Crippen molar-refractivity contribution < 1.29 is 14.3 Å². The fourth-order valence-corrected chi connectivity index (χ4v) is 4.89. The Morgan fingerprint density at radius 3 is 2.21 bits per heavy atom. The van der Waals surface area contributed by atoms with Crippen molar-refractivity contribution in [2.45, 2.75) is 26.0 Å². The van der Waals surface area contributed by atoms with Gasteiger partial charge in [0.2, 0.25) is 0 Å². The highest BCUT2D eigenvalue weighted by atomic mass is 32.2. The summed E-state index contributed by atoms with van der Waals surface area (Å²) in [6, 6.07) is 23.7. The van der Waals surface area contributed by atoms with Crippen LogP contribution in [0.1, 0.15) is 27.8 Å². The highest BCUT2D eigenvalue weighted by Crippen LogP contribution is 2.38. The number of rotatable bonds is 8. The predicted molar refractivity (Wildman–Crippen MR) is 134 cm³/mol. The molecule has 33 heavy (non-hydrogen) atoms. The standard InChI is InChI=1S/C28H27NO3S/c1-19-9-12-23(17-20(19)2)25-26(33-18-22-7-5-4-6-8-22)28(31)29(27(25)30)16-15-21-10-13-24(32-3)14-11-21/h4-14,17H,15-16,18H2,1-3H3. The third-order valence-corrected chi connectivity index (χ3v) is 7.08. The Labute approximate surface area is 199 Å². The van der Waals surface area contributed by atoms with Crippen LogP contribution in [-0.2, 0) is 21.8 Å². The molecule has 4 rings (SSSR count). The monoisotopic (exact) mass is 457 g/mol. The molecule has 3 aromatic rings. The molecule has 0 unspecified atom stereocenters. The molecule has 0 saturated carbocycles. The van der Waals surface area contributed by atoms with Crippen molar-refractivity contribution in [2.24, 2.45) is 0 Å². The molecule has 0 saturated heterocycles. The minimum absolute atomic E-state index is 0.206. The SMILES string of the molecule is COc1ccc(CCN2C(=O)C(SCc3ccccc3)=C(c3ccc(C)c(C)c3)C2=O)cc1. The number of amides is 2. The second-order valence-corrected chi connectivity index (χ2v) is 9.12. The molecule has 2 amide bonds. The molecule has 0 radical (unpaired) electrons. The van der Waals surface area contributed by atoms with Crippen LogP contribution in [0.3, 0.4) is 0 Å². The average Bonchev–Trinajstić information content (AvgIpc) is 3.08. The Kier molecular flexibility index (Phi) is 6.99. The van der Waals surface area contributed by atoms with E-state index in [4.69, 9.17) is 4.74 Å². The number of hydrogen-bond acceptors (Lipinski definition) is 4. The summed E-state index contributed by atoms with van der Waals surface area (Å²) in [4.78, 5) is 28.8. The van der Waals surface area contributed by atoms with E-state index in [0.717, 1.165) is 33.6 Å². The summed E-state index contributed by atoms with van der Waals surface area (Å²) in [7, 11) is 1.63. The predicted octanol–water partition coefficient (Wildman–Crippen LogP) is 5.57. The Hall–Kier alpha value is -3.31. The first-order valence-electron chi connectivity index (χ1n) is 11.0. The molecule has 4 nitrogen and oxygen atoms in total. The van der Waals surface area contributed by atoms with Crippen LogP contribution in [0.15, 0.2) is 77.7 Å². The second-order valence-electron chi connectivity index (χ2n) is 8.14. The zero-order chi connectivity index (χ0) is 23.4. The van der Waals surface area contributed by atoms with Crippen LogP contribution in [0.2, 0.25) is 0 Å².